The molecule has 0 bridgehead atoms. The van der Waals surface area contributed by atoms with E-state index in [4.69, 9.17) is 5.73 Å². The van der Waals surface area contributed by atoms with E-state index in [1.165, 1.54) is 31.4 Å². The highest BCUT2D eigenvalue weighted by molar-refractivity contribution is 5.92. The maximum absolute atomic E-state index is 5.82. The van der Waals surface area contributed by atoms with Crippen LogP contribution in [0.2, 0.25) is 0 Å². The smallest absolute Gasteiger partial charge is 0.0743 e. The molecule has 1 aliphatic carbocycles. The SMILES string of the molecule is CC1CCCCC1Nc1ccnc2cc(N)ccc12. The first kappa shape index (κ1) is 12.3. The van der Waals surface area contributed by atoms with Gasteiger partial charge in [0.25, 0.3) is 0 Å². The van der Waals surface area contributed by atoms with Crippen LogP contribution in [0.15, 0.2) is 30.5 Å². The van der Waals surface area contributed by atoms with Crippen LogP contribution in [0.3, 0.4) is 0 Å². The normalized spacial score (nSPS) is 23.4. The molecule has 2 unspecified atom stereocenters. The van der Waals surface area contributed by atoms with Crippen LogP contribution in [0.5, 0.6) is 0 Å². The van der Waals surface area contributed by atoms with Gasteiger partial charge in [0.2, 0.25) is 0 Å². The molecule has 3 N–H and O–H groups in total. The molecule has 1 aliphatic rings. The van der Waals surface area contributed by atoms with E-state index in [9.17, 15) is 0 Å². The van der Waals surface area contributed by atoms with Crippen LogP contribution >= 0.6 is 0 Å². The van der Waals surface area contributed by atoms with Crippen LogP contribution in [0.4, 0.5) is 11.4 Å². The number of hydrogen-bond acceptors (Lipinski definition) is 3. The summed E-state index contributed by atoms with van der Waals surface area (Å²) in [6, 6.07) is 8.59. The zero-order valence-electron chi connectivity index (χ0n) is 11.4. The average molecular weight is 255 g/mol. The van der Waals surface area contributed by atoms with Crippen molar-refractivity contribution >= 4 is 22.3 Å². The summed E-state index contributed by atoms with van der Waals surface area (Å²) in [6.45, 7) is 2.35. The van der Waals surface area contributed by atoms with Crippen LogP contribution in [0.1, 0.15) is 32.6 Å². The molecule has 3 heteroatoms. The number of nitrogen functional groups attached to an aromatic ring is 1. The quantitative estimate of drug-likeness (QED) is 0.802. The number of nitrogens with one attached hydrogen (secondary N) is 1. The first-order chi connectivity index (χ1) is 9.24. The van der Waals surface area contributed by atoms with Gasteiger partial charge in [-0.1, -0.05) is 19.8 Å². The Labute approximate surface area is 114 Å². The fourth-order valence-electron chi connectivity index (χ4n) is 3.02. The number of nitrogens with zero attached hydrogens (tertiary/aromatic N) is 1. The minimum atomic E-state index is 0.580. The van der Waals surface area contributed by atoms with E-state index in [0.717, 1.165) is 22.5 Å². The van der Waals surface area contributed by atoms with Gasteiger partial charge >= 0.3 is 0 Å². The Morgan fingerprint density at radius 1 is 1.21 bits per heavy atom. The van der Waals surface area contributed by atoms with E-state index in [0.29, 0.717) is 6.04 Å². The lowest BCUT2D eigenvalue weighted by atomic mass is 9.86. The molecule has 0 aliphatic heterocycles. The van der Waals surface area contributed by atoms with Crippen molar-refractivity contribution in [1.29, 1.82) is 0 Å². The second-order valence-electron chi connectivity index (χ2n) is 5.65. The minimum absolute atomic E-state index is 0.580. The van der Waals surface area contributed by atoms with Crippen LogP contribution in [-0.4, -0.2) is 11.0 Å². The van der Waals surface area contributed by atoms with Gasteiger partial charge in [-0.05, 0) is 43.0 Å². The Hall–Kier alpha value is -1.77. The molecule has 3 rings (SSSR count). The van der Waals surface area contributed by atoms with E-state index in [-0.39, 0.29) is 0 Å². The Balaban J connectivity index is 1.92. The highest BCUT2D eigenvalue weighted by Crippen LogP contribution is 2.30. The van der Waals surface area contributed by atoms with Crippen molar-refractivity contribution in [3.05, 3.63) is 30.5 Å². The van der Waals surface area contributed by atoms with Gasteiger partial charge in [0.1, 0.15) is 0 Å². The van der Waals surface area contributed by atoms with Gasteiger partial charge < -0.3 is 11.1 Å². The zero-order valence-corrected chi connectivity index (χ0v) is 11.4. The first-order valence-electron chi connectivity index (χ1n) is 7.15. The van der Waals surface area contributed by atoms with Crippen molar-refractivity contribution in [2.24, 2.45) is 5.92 Å². The summed E-state index contributed by atoms with van der Waals surface area (Å²) in [5.74, 6) is 0.741. The fourth-order valence-corrected chi connectivity index (χ4v) is 3.02. The highest BCUT2D eigenvalue weighted by atomic mass is 14.9. The van der Waals surface area contributed by atoms with Crippen molar-refractivity contribution in [2.45, 2.75) is 38.6 Å². The van der Waals surface area contributed by atoms with Gasteiger partial charge in [-0.15, -0.1) is 0 Å². The first-order valence-corrected chi connectivity index (χ1v) is 7.15. The lowest BCUT2D eigenvalue weighted by Crippen LogP contribution is -2.30. The Kier molecular flexibility index (Phi) is 3.28. The third kappa shape index (κ3) is 2.50. The Bertz CT molecular complexity index is 579. The summed E-state index contributed by atoms with van der Waals surface area (Å²) in [5, 5.41) is 4.87. The van der Waals surface area contributed by atoms with Gasteiger partial charge in [-0.2, -0.15) is 0 Å². The second-order valence-corrected chi connectivity index (χ2v) is 5.65. The number of nitrogens with two attached hydrogens (primary N) is 1. The van der Waals surface area contributed by atoms with Gasteiger partial charge in [0.05, 0.1) is 5.52 Å². The molecule has 100 valence electrons. The lowest BCUT2D eigenvalue weighted by molar-refractivity contribution is 0.350. The summed E-state index contributed by atoms with van der Waals surface area (Å²) >= 11 is 0. The zero-order chi connectivity index (χ0) is 13.2. The van der Waals surface area contributed by atoms with Crippen molar-refractivity contribution in [3.63, 3.8) is 0 Å². The lowest BCUT2D eigenvalue weighted by Gasteiger charge is -2.30. The number of fused-ring (bicyclic) bond motifs is 1. The molecule has 0 saturated heterocycles. The third-order valence-electron chi connectivity index (χ3n) is 4.22. The Morgan fingerprint density at radius 3 is 2.89 bits per heavy atom. The summed E-state index contributed by atoms with van der Waals surface area (Å²) < 4.78 is 0. The van der Waals surface area contributed by atoms with Crippen LogP contribution in [-0.2, 0) is 0 Å². The van der Waals surface area contributed by atoms with Gasteiger partial charge in [-0.25, -0.2) is 0 Å². The Morgan fingerprint density at radius 2 is 2.05 bits per heavy atom. The van der Waals surface area contributed by atoms with E-state index < -0.39 is 0 Å². The van der Waals surface area contributed by atoms with Crippen LogP contribution < -0.4 is 11.1 Å². The molecule has 1 saturated carbocycles. The number of anilines is 2. The molecular weight excluding hydrogens is 234 g/mol. The molecular formula is C16H21N3. The molecule has 2 aromatic rings. The molecule has 0 amide bonds. The summed E-state index contributed by atoms with van der Waals surface area (Å²) in [6.07, 6.45) is 7.15. The molecule has 1 aromatic carbocycles. The summed E-state index contributed by atoms with van der Waals surface area (Å²) in [4.78, 5) is 4.39. The van der Waals surface area contributed by atoms with Gasteiger partial charge in [0, 0.05) is 29.0 Å². The van der Waals surface area contributed by atoms with E-state index in [1.807, 2.05) is 18.3 Å². The minimum Gasteiger partial charge on any atom is -0.399 e. The van der Waals surface area contributed by atoms with Gasteiger partial charge in [0.15, 0.2) is 0 Å². The predicted molar refractivity (Wildman–Crippen MR) is 81.2 cm³/mol. The van der Waals surface area contributed by atoms with Crippen molar-refractivity contribution in [2.75, 3.05) is 11.1 Å². The number of benzene rings is 1. The average Bonchev–Trinajstić information content (AvgIpc) is 2.41. The molecule has 19 heavy (non-hydrogen) atoms. The molecule has 2 atom stereocenters. The van der Waals surface area contributed by atoms with Crippen molar-refractivity contribution in [1.82, 2.24) is 4.98 Å². The largest absolute Gasteiger partial charge is 0.399 e. The number of hydrogen-bond donors (Lipinski definition) is 2. The van der Waals surface area contributed by atoms with Crippen LogP contribution in [0, 0.1) is 5.92 Å². The standard InChI is InChI=1S/C16H21N3/c1-11-4-2-3-5-14(11)19-15-8-9-18-16-10-12(17)6-7-13(15)16/h6-11,14H,2-5,17H2,1H3,(H,18,19). The third-order valence-corrected chi connectivity index (χ3v) is 4.22. The molecule has 1 fully saturated rings. The summed E-state index contributed by atoms with van der Waals surface area (Å²) in [7, 11) is 0. The highest BCUT2D eigenvalue weighted by Gasteiger charge is 2.21. The molecule has 1 heterocycles. The molecule has 1 aromatic heterocycles. The van der Waals surface area contributed by atoms with E-state index >= 15 is 0 Å². The van der Waals surface area contributed by atoms with Crippen molar-refractivity contribution < 1.29 is 0 Å². The number of pyridine rings is 1. The second kappa shape index (κ2) is 5.08. The topological polar surface area (TPSA) is 50.9 Å². The van der Waals surface area contributed by atoms with Crippen molar-refractivity contribution in [3.8, 4) is 0 Å². The predicted octanol–water partition coefficient (Wildman–Crippen LogP) is 3.81. The van der Waals surface area contributed by atoms with E-state index in [2.05, 4.69) is 29.4 Å². The monoisotopic (exact) mass is 255 g/mol. The van der Waals surface area contributed by atoms with Gasteiger partial charge in [-0.3, -0.25) is 4.98 Å². The van der Waals surface area contributed by atoms with Crippen LogP contribution in [0.25, 0.3) is 10.9 Å². The molecule has 0 spiro atoms. The maximum Gasteiger partial charge on any atom is 0.0743 e. The summed E-state index contributed by atoms with van der Waals surface area (Å²) in [5.41, 5.74) is 8.74. The van der Waals surface area contributed by atoms with E-state index in [1.54, 1.807) is 0 Å². The molecule has 3 nitrogen and oxygen atoms in total. The molecule has 0 radical (unpaired) electrons. The fraction of sp³-hybridized carbons (Fsp3) is 0.438. The number of rotatable bonds is 2. The maximum atomic E-state index is 5.82. The number of aromatic nitrogens is 1.